The van der Waals surface area contributed by atoms with Gasteiger partial charge in [-0.05, 0) is 5.56 Å². The summed E-state index contributed by atoms with van der Waals surface area (Å²) in [6.45, 7) is 0.0419. The number of ether oxygens (including phenoxy) is 2. The Morgan fingerprint density at radius 1 is 1.22 bits per heavy atom. The zero-order chi connectivity index (χ0) is 16.8. The molecule has 0 fully saturated rings. The number of hydrogen-bond donors (Lipinski definition) is 1. The van der Waals surface area contributed by atoms with E-state index in [-0.39, 0.29) is 23.7 Å². The molecule has 0 radical (unpaired) electrons. The summed E-state index contributed by atoms with van der Waals surface area (Å²) in [6.07, 6.45) is 0.883. The van der Waals surface area contributed by atoms with Crippen LogP contribution < -0.4 is 15.5 Å². The average Bonchev–Trinajstić information content (AvgIpc) is 2.60. The van der Waals surface area contributed by atoms with E-state index in [9.17, 15) is 14.4 Å². The maximum Gasteiger partial charge on any atom is 0.345 e. The van der Waals surface area contributed by atoms with Crippen molar-refractivity contribution in [2.45, 2.75) is 6.61 Å². The smallest absolute Gasteiger partial charge is 0.345 e. The molecule has 0 aliphatic rings. The van der Waals surface area contributed by atoms with Crippen molar-refractivity contribution in [3.63, 3.8) is 0 Å². The number of esters is 1. The molecule has 0 aliphatic heterocycles. The Bertz CT molecular complexity index is 766. The van der Waals surface area contributed by atoms with Gasteiger partial charge in [-0.25, -0.2) is 4.79 Å². The first-order valence-electron chi connectivity index (χ1n) is 6.71. The number of nitrogens with one attached hydrogen (secondary N) is 1. The molecule has 1 aromatic heterocycles. The second-order valence-electron chi connectivity index (χ2n) is 4.48. The van der Waals surface area contributed by atoms with Crippen molar-refractivity contribution < 1.29 is 23.5 Å². The molecular weight excluding hydrogens is 302 g/mol. The average molecular weight is 317 g/mol. The van der Waals surface area contributed by atoms with Gasteiger partial charge in [0.05, 0.1) is 7.11 Å². The quantitative estimate of drug-likeness (QED) is 0.837. The van der Waals surface area contributed by atoms with E-state index in [1.807, 2.05) is 18.2 Å². The van der Waals surface area contributed by atoms with E-state index >= 15 is 0 Å². The summed E-state index contributed by atoms with van der Waals surface area (Å²) in [6, 6.07) is 9.06. The number of amides is 1. The van der Waals surface area contributed by atoms with Crippen molar-refractivity contribution in [3.05, 3.63) is 63.7 Å². The summed E-state index contributed by atoms with van der Waals surface area (Å²) in [4.78, 5) is 35.7. The molecule has 1 N–H and O–H groups in total. The Balaban J connectivity index is 2.42. The topological polar surface area (TPSA) is 94.8 Å². The molecule has 1 aromatic carbocycles. The number of hydrogen-bond acceptors (Lipinski definition) is 6. The lowest BCUT2D eigenvalue weighted by molar-refractivity contribution is 0.0593. The summed E-state index contributed by atoms with van der Waals surface area (Å²) < 4.78 is 15.0. The van der Waals surface area contributed by atoms with Crippen LogP contribution in [0.25, 0.3) is 0 Å². The van der Waals surface area contributed by atoms with Crippen LogP contribution in [-0.4, -0.2) is 26.0 Å². The van der Waals surface area contributed by atoms with Crippen molar-refractivity contribution in [1.82, 2.24) is 5.32 Å². The van der Waals surface area contributed by atoms with E-state index in [1.54, 1.807) is 12.1 Å². The molecule has 2 aromatic rings. The van der Waals surface area contributed by atoms with E-state index in [2.05, 4.69) is 10.1 Å². The fourth-order valence-corrected chi connectivity index (χ4v) is 1.83. The van der Waals surface area contributed by atoms with Gasteiger partial charge in [0.1, 0.15) is 18.4 Å². The Kier molecular flexibility index (Phi) is 5.14. The van der Waals surface area contributed by atoms with E-state index in [0.717, 1.165) is 18.9 Å². The van der Waals surface area contributed by atoms with Crippen molar-refractivity contribution >= 4 is 11.9 Å². The van der Waals surface area contributed by atoms with Gasteiger partial charge >= 0.3 is 5.97 Å². The highest BCUT2D eigenvalue weighted by molar-refractivity contribution is 5.95. The summed E-state index contributed by atoms with van der Waals surface area (Å²) in [5.41, 5.74) is -0.320. The molecule has 0 saturated heterocycles. The van der Waals surface area contributed by atoms with Gasteiger partial charge in [0, 0.05) is 7.05 Å². The molecule has 0 bridgehead atoms. The molecule has 7 heteroatoms. The molecule has 0 aliphatic carbocycles. The Labute approximate surface area is 131 Å². The van der Waals surface area contributed by atoms with Crippen molar-refractivity contribution in [2.24, 2.45) is 0 Å². The lowest BCUT2D eigenvalue weighted by Gasteiger charge is -2.10. The van der Waals surface area contributed by atoms with E-state index < -0.39 is 17.3 Å². The van der Waals surface area contributed by atoms with Crippen LogP contribution in [-0.2, 0) is 11.3 Å². The Morgan fingerprint density at radius 2 is 1.91 bits per heavy atom. The predicted octanol–water partition coefficient (Wildman–Crippen LogP) is 1.36. The SMILES string of the molecule is CNC(=O)c1occ(C(=O)OC)c(=O)c1OCc1ccccc1. The van der Waals surface area contributed by atoms with Gasteiger partial charge in [0.25, 0.3) is 5.91 Å². The standard InChI is InChI=1S/C16H15NO6/c1-17-15(19)14-13(22-8-10-6-4-3-5-7-10)12(18)11(9-23-14)16(20)21-2/h3-7,9H,8H2,1-2H3,(H,17,19). The molecule has 1 heterocycles. The first-order valence-corrected chi connectivity index (χ1v) is 6.71. The summed E-state index contributed by atoms with van der Waals surface area (Å²) in [7, 11) is 2.52. The molecule has 0 spiro atoms. The van der Waals surface area contributed by atoms with Crippen LogP contribution in [0.4, 0.5) is 0 Å². The molecule has 0 saturated carbocycles. The number of carbonyl (C=O) groups is 2. The van der Waals surface area contributed by atoms with Gasteiger partial charge in [-0.3, -0.25) is 9.59 Å². The van der Waals surface area contributed by atoms with Crippen LogP contribution in [0.1, 0.15) is 26.5 Å². The van der Waals surface area contributed by atoms with E-state index in [4.69, 9.17) is 9.15 Å². The Morgan fingerprint density at radius 3 is 2.52 bits per heavy atom. The van der Waals surface area contributed by atoms with Crippen LogP contribution in [0.5, 0.6) is 5.75 Å². The largest absolute Gasteiger partial charge is 0.481 e. The molecular formula is C16H15NO6. The highest BCUT2D eigenvalue weighted by Gasteiger charge is 2.24. The normalized spacial score (nSPS) is 10.0. The third-order valence-corrected chi connectivity index (χ3v) is 3.02. The van der Waals surface area contributed by atoms with E-state index in [0.29, 0.717) is 0 Å². The molecule has 7 nitrogen and oxygen atoms in total. The van der Waals surface area contributed by atoms with Gasteiger partial charge in [-0.15, -0.1) is 0 Å². The minimum Gasteiger partial charge on any atom is -0.481 e. The van der Waals surface area contributed by atoms with Crippen molar-refractivity contribution in [2.75, 3.05) is 14.2 Å². The molecule has 0 unspecified atom stereocenters. The van der Waals surface area contributed by atoms with Crippen LogP contribution >= 0.6 is 0 Å². The van der Waals surface area contributed by atoms with Gasteiger partial charge in [0.15, 0.2) is 0 Å². The molecule has 120 valence electrons. The van der Waals surface area contributed by atoms with Gasteiger partial charge in [0.2, 0.25) is 16.9 Å². The maximum absolute atomic E-state index is 12.4. The third kappa shape index (κ3) is 3.57. The van der Waals surface area contributed by atoms with Crippen LogP contribution in [0, 0.1) is 0 Å². The third-order valence-electron chi connectivity index (χ3n) is 3.02. The zero-order valence-corrected chi connectivity index (χ0v) is 12.6. The molecule has 23 heavy (non-hydrogen) atoms. The van der Waals surface area contributed by atoms with Gasteiger partial charge in [-0.2, -0.15) is 0 Å². The monoisotopic (exact) mass is 317 g/mol. The number of rotatable bonds is 5. The predicted molar refractivity (Wildman–Crippen MR) is 80.5 cm³/mol. The van der Waals surface area contributed by atoms with Crippen molar-refractivity contribution in [3.8, 4) is 5.75 Å². The minimum atomic E-state index is -0.869. The van der Waals surface area contributed by atoms with Crippen LogP contribution in [0.3, 0.4) is 0 Å². The summed E-state index contributed by atoms with van der Waals surface area (Å²) in [5, 5.41) is 2.34. The lowest BCUT2D eigenvalue weighted by atomic mass is 10.2. The molecule has 0 atom stereocenters. The lowest BCUT2D eigenvalue weighted by Crippen LogP contribution is -2.25. The molecule has 2 rings (SSSR count). The zero-order valence-electron chi connectivity index (χ0n) is 12.6. The fourth-order valence-electron chi connectivity index (χ4n) is 1.83. The van der Waals surface area contributed by atoms with Crippen LogP contribution in [0.15, 0.2) is 45.8 Å². The summed E-state index contributed by atoms with van der Waals surface area (Å²) in [5.74, 6) is -2.15. The number of benzene rings is 1. The van der Waals surface area contributed by atoms with Crippen LogP contribution in [0.2, 0.25) is 0 Å². The van der Waals surface area contributed by atoms with Gasteiger partial charge in [-0.1, -0.05) is 30.3 Å². The minimum absolute atomic E-state index is 0.0419. The molecule has 1 amide bonds. The highest BCUT2D eigenvalue weighted by atomic mass is 16.5. The van der Waals surface area contributed by atoms with Gasteiger partial charge < -0.3 is 19.2 Å². The number of methoxy groups -OCH3 is 1. The number of carbonyl (C=O) groups excluding carboxylic acids is 2. The van der Waals surface area contributed by atoms with Crippen molar-refractivity contribution in [1.29, 1.82) is 0 Å². The fraction of sp³-hybridized carbons (Fsp3) is 0.188. The summed E-state index contributed by atoms with van der Waals surface area (Å²) >= 11 is 0. The van der Waals surface area contributed by atoms with E-state index in [1.165, 1.54) is 7.05 Å². The first-order chi connectivity index (χ1) is 11.1. The maximum atomic E-state index is 12.4. The highest BCUT2D eigenvalue weighted by Crippen LogP contribution is 2.17. The first kappa shape index (κ1) is 16.3. The second kappa shape index (κ2) is 7.26. The second-order valence-corrected chi connectivity index (χ2v) is 4.48. The Hall–Kier alpha value is -3.09.